The summed E-state index contributed by atoms with van der Waals surface area (Å²) in [6, 6.07) is 6.52. The Bertz CT molecular complexity index is 590. The van der Waals surface area contributed by atoms with Crippen LogP contribution in [-0.2, 0) is 9.59 Å². The van der Waals surface area contributed by atoms with E-state index in [1.54, 1.807) is 24.3 Å². The minimum absolute atomic E-state index is 0.0920. The van der Waals surface area contributed by atoms with Gasteiger partial charge >= 0.3 is 5.97 Å². The molecule has 1 aromatic rings. The first-order valence-electron chi connectivity index (χ1n) is 7.21. The van der Waals surface area contributed by atoms with Crippen molar-refractivity contribution in [2.75, 3.05) is 6.61 Å². The van der Waals surface area contributed by atoms with Crippen molar-refractivity contribution < 1.29 is 24.2 Å². The molecule has 0 aromatic heterocycles. The minimum Gasteiger partial charge on any atom is -0.484 e. The lowest BCUT2D eigenvalue weighted by atomic mass is 9.98. The normalized spacial score (nSPS) is 16.0. The molecule has 118 valence electrons. The van der Waals surface area contributed by atoms with Gasteiger partial charge in [-0.1, -0.05) is 25.0 Å². The van der Waals surface area contributed by atoms with Gasteiger partial charge in [0.15, 0.2) is 12.4 Å². The van der Waals surface area contributed by atoms with Crippen LogP contribution in [0.15, 0.2) is 24.3 Å². The second-order valence-corrected chi connectivity index (χ2v) is 5.52. The number of aliphatic carboxylic acids is 1. The van der Waals surface area contributed by atoms with Crippen molar-refractivity contribution in [1.82, 2.24) is 5.32 Å². The maximum absolute atomic E-state index is 11.9. The van der Waals surface area contributed by atoms with Crippen molar-refractivity contribution in [3.05, 3.63) is 29.8 Å². The number of hydrogen-bond acceptors (Lipinski definition) is 4. The van der Waals surface area contributed by atoms with Gasteiger partial charge in [0.2, 0.25) is 0 Å². The molecule has 1 aliphatic carbocycles. The molecule has 0 heterocycles. The molecule has 0 saturated heterocycles. The highest BCUT2D eigenvalue weighted by molar-refractivity contribution is 5.94. The molecule has 0 spiro atoms. The highest BCUT2D eigenvalue weighted by Crippen LogP contribution is 2.29. The number of carboxylic acids is 1. The maximum Gasteiger partial charge on any atom is 0.329 e. The number of carbonyl (C=O) groups is 3. The van der Waals surface area contributed by atoms with Gasteiger partial charge in [-0.3, -0.25) is 9.59 Å². The number of carbonyl (C=O) groups excluding carboxylic acids is 2. The smallest absolute Gasteiger partial charge is 0.329 e. The van der Waals surface area contributed by atoms with Crippen molar-refractivity contribution in [2.45, 2.75) is 38.1 Å². The third-order valence-corrected chi connectivity index (χ3v) is 3.86. The monoisotopic (exact) mass is 305 g/mol. The second kappa shape index (κ2) is 6.60. The Morgan fingerprint density at radius 1 is 1.27 bits per heavy atom. The Morgan fingerprint density at radius 2 is 1.95 bits per heavy atom. The average Bonchev–Trinajstić information content (AvgIpc) is 2.95. The van der Waals surface area contributed by atoms with Gasteiger partial charge in [-0.25, -0.2) is 4.79 Å². The number of benzene rings is 1. The first kappa shape index (κ1) is 16.0. The largest absolute Gasteiger partial charge is 0.484 e. The van der Waals surface area contributed by atoms with Gasteiger partial charge in [0, 0.05) is 5.56 Å². The summed E-state index contributed by atoms with van der Waals surface area (Å²) in [4.78, 5) is 34.6. The summed E-state index contributed by atoms with van der Waals surface area (Å²) >= 11 is 0. The van der Waals surface area contributed by atoms with E-state index in [2.05, 4.69) is 5.32 Å². The molecular weight excluding hydrogens is 286 g/mol. The number of Topliss-reactive ketones (excluding diaryl/α,β-unsaturated/α-hetero) is 1. The van der Waals surface area contributed by atoms with Crippen molar-refractivity contribution in [3.8, 4) is 5.75 Å². The van der Waals surface area contributed by atoms with E-state index in [4.69, 9.17) is 4.74 Å². The van der Waals surface area contributed by atoms with Crippen LogP contribution < -0.4 is 10.1 Å². The Hall–Kier alpha value is -2.37. The highest BCUT2D eigenvalue weighted by Gasteiger charge is 2.42. The van der Waals surface area contributed by atoms with Crippen LogP contribution in [0, 0.1) is 0 Å². The zero-order chi connectivity index (χ0) is 16.2. The zero-order valence-corrected chi connectivity index (χ0v) is 12.4. The molecular formula is C16H19NO5. The lowest BCUT2D eigenvalue weighted by Gasteiger charge is -2.25. The number of nitrogens with one attached hydrogen (secondary N) is 1. The molecule has 0 bridgehead atoms. The van der Waals surface area contributed by atoms with E-state index >= 15 is 0 Å². The molecule has 22 heavy (non-hydrogen) atoms. The van der Waals surface area contributed by atoms with Crippen LogP contribution in [0.1, 0.15) is 43.0 Å². The first-order chi connectivity index (χ1) is 10.4. The summed E-state index contributed by atoms with van der Waals surface area (Å²) < 4.78 is 5.34. The van der Waals surface area contributed by atoms with Crippen molar-refractivity contribution >= 4 is 17.7 Å². The molecule has 2 rings (SSSR count). The van der Waals surface area contributed by atoms with Crippen molar-refractivity contribution in [3.63, 3.8) is 0 Å². The van der Waals surface area contributed by atoms with Crippen LogP contribution in [0.2, 0.25) is 0 Å². The van der Waals surface area contributed by atoms with Gasteiger partial charge in [0.1, 0.15) is 11.3 Å². The molecule has 1 aliphatic rings. The van der Waals surface area contributed by atoms with E-state index in [-0.39, 0.29) is 12.4 Å². The fourth-order valence-electron chi connectivity index (χ4n) is 2.63. The molecule has 2 N–H and O–H groups in total. The van der Waals surface area contributed by atoms with Crippen LogP contribution in [0.3, 0.4) is 0 Å². The summed E-state index contributed by atoms with van der Waals surface area (Å²) in [5.41, 5.74) is -0.669. The van der Waals surface area contributed by atoms with Crippen LogP contribution in [0.25, 0.3) is 0 Å². The minimum atomic E-state index is -1.17. The van der Waals surface area contributed by atoms with E-state index in [0.717, 1.165) is 12.8 Å². The molecule has 1 amide bonds. The summed E-state index contributed by atoms with van der Waals surface area (Å²) in [7, 11) is 0. The zero-order valence-electron chi connectivity index (χ0n) is 12.4. The van der Waals surface area contributed by atoms with E-state index in [0.29, 0.717) is 24.2 Å². The molecule has 0 unspecified atom stereocenters. The van der Waals surface area contributed by atoms with Gasteiger partial charge < -0.3 is 15.2 Å². The Labute approximate surface area is 128 Å². The van der Waals surface area contributed by atoms with Gasteiger partial charge in [0.05, 0.1) is 0 Å². The maximum atomic E-state index is 11.9. The fourth-order valence-corrected chi connectivity index (χ4v) is 2.63. The lowest BCUT2D eigenvalue weighted by Crippen LogP contribution is -2.53. The van der Waals surface area contributed by atoms with Gasteiger partial charge in [-0.05, 0) is 31.9 Å². The first-order valence-corrected chi connectivity index (χ1v) is 7.21. The molecule has 0 atom stereocenters. The highest BCUT2D eigenvalue weighted by atomic mass is 16.5. The number of carboxylic acid groups (broad SMARTS) is 1. The van der Waals surface area contributed by atoms with E-state index in [1.807, 2.05) is 0 Å². The standard InChI is InChI=1S/C16H19NO5/c1-11(18)12-5-4-6-13(9-12)22-10-14(19)17-16(15(20)21)7-2-3-8-16/h4-6,9H,2-3,7-8,10H2,1H3,(H,17,19)(H,20,21). The average molecular weight is 305 g/mol. The summed E-state index contributed by atoms with van der Waals surface area (Å²) in [5.74, 6) is -1.17. The molecule has 6 nitrogen and oxygen atoms in total. The SMILES string of the molecule is CC(=O)c1cccc(OCC(=O)NC2(C(=O)O)CCCC2)c1. The van der Waals surface area contributed by atoms with Crippen LogP contribution >= 0.6 is 0 Å². The summed E-state index contributed by atoms with van der Waals surface area (Å²) in [6.07, 6.45) is 2.45. The number of rotatable bonds is 6. The molecule has 0 aliphatic heterocycles. The van der Waals surface area contributed by atoms with Gasteiger partial charge in [0.25, 0.3) is 5.91 Å². The van der Waals surface area contributed by atoms with Crippen LogP contribution in [0.4, 0.5) is 0 Å². The second-order valence-electron chi connectivity index (χ2n) is 5.52. The molecule has 1 aromatic carbocycles. The van der Waals surface area contributed by atoms with E-state index in [1.165, 1.54) is 6.92 Å². The molecule has 0 radical (unpaired) electrons. The summed E-state index contributed by atoms with van der Waals surface area (Å²) in [5, 5.41) is 11.9. The molecule has 1 saturated carbocycles. The number of hydrogen-bond donors (Lipinski definition) is 2. The van der Waals surface area contributed by atoms with Gasteiger partial charge in [-0.2, -0.15) is 0 Å². The Morgan fingerprint density at radius 3 is 2.55 bits per heavy atom. The Balaban J connectivity index is 1.94. The third-order valence-electron chi connectivity index (χ3n) is 3.86. The Kier molecular flexibility index (Phi) is 4.80. The quantitative estimate of drug-likeness (QED) is 0.782. The topological polar surface area (TPSA) is 92.7 Å². The van der Waals surface area contributed by atoms with Crippen molar-refractivity contribution in [1.29, 1.82) is 0 Å². The third kappa shape index (κ3) is 3.63. The summed E-state index contributed by atoms with van der Waals surface area (Å²) in [6.45, 7) is 1.17. The van der Waals surface area contributed by atoms with Crippen molar-refractivity contribution in [2.24, 2.45) is 0 Å². The number of amides is 1. The van der Waals surface area contributed by atoms with Crippen LogP contribution in [0.5, 0.6) is 5.75 Å². The van der Waals surface area contributed by atoms with Crippen LogP contribution in [-0.4, -0.2) is 34.9 Å². The predicted molar refractivity (Wildman–Crippen MR) is 78.9 cm³/mol. The number of ketones is 1. The lowest BCUT2D eigenvalue weighted by molar-refractivity contribution is -0.147. The molecule has 1 fully saturated rings. The molecule has 6 heteroatoms. The van der Waals surface area contributed by atoms with E-state index in [9.17, 15) is 19.5 Å². The van der Waals surface area contributed by atoms with E-state index < -0.39 is 17.4 Å². The van der Waals surface area contributed by atoms with Gasteiger partial charge in [-0.15, -0.1) is 0 Å². The number of ether oxygens (including phenoxy) is 1. The fraction of sp³-hybridized carbons (Fsp3) is 0.438. The predicted octanol–water partition coefficient (Wildman–Crippen LogP) is 1.78.